The Hall–Kier alpha value is -1.14. The number of hydrogen-bond donors (Lipinski definition) is 3. The van der Waals surface area contributed by atoms with Crippen molar-refractivity contribution >= 4 is 11.9 Å². The van der Waals surface area contributed by atoms with Gasteiger partial charge in [-0.3, -0.25) is 14.5 Å². The Kier molecular flexibility index (Phi) is 6.67. The molecule has 1 saturated heterocycles. The predicted octanol–water partition coefficient (Wildman–Crippen LogP) is -0.491. The fourth-order valence-corrected chi connectivity index (χ4v) is 2.30. The number of carboxylic acid groups (broad SMARTS) is 1. The van der Waals surface area contributed by atoms with E-state index in [9.17, 15) is 9.59 Å². The molecule has 1 rings (SSSR count). The number of likely N-dealkylation sites (tertiary alicyclic amines) is 1. The number of carboxylic acids is 1. The molecule has 1 aliphatic heterocycles. The molecule has 0 aliphatic carbocycles. The molecule has 1 unspecified atom stereocenters. The molecular weight excluding hydrogens is 234 g/mol. The highest BCUT2D eigenvalue weighted by atomic mass is 16.4. The molecule has 1 atom stereocenters. The molecule has 0 aromatic carbocycles. The van der Waals surface area contributed by atoms with Crippen molar-refractivity contribution in [3.8, 4) is 0 Å². The molecule has 0 spiro atoms. The molecule has 1 fully saturated rings. The minimum atomic E-state index is -0.829. The Morgan fingerprint density at radius 2 is 2.22 bits per heavy atom. The van der Waals surface area contributed by atoms with Crippen LogP contribution >= 0.6 is 0 Å². The van der Waals surface area contributed by atoms with Crippen molar-refractivity contribution in [1.82, 2.24) is 15.5 Å². The lowest BCUT2D eigenvalue weighted by atomic mass is 9.98. The van der Waals surface area contributed by atoms with E-state index in [1.807, 2.05) is 6.92 Å². The van der Waals surface area contributed by atoms with Crippen LogP contribution in [0.2, 0.25) is 0 Å². The number of aliphatic carboxylic acids is 1. The summed E-state index contributed by atoms with van der Waals surface area (Å²) in [5, 5.41) is 14.3. The minimum Gasteiger partial charge on any atom is -0.480 e. The standard InChI is InChI=1S/C12H23N3O3/c1-2-14-11(16)9-15-5-3-4-10(8-15)6-13-7-12(17)18/h10,13H,2-9H2,1H3,(H,14,16)(H,17,18). The summed E-state index contributed by atoms with van der Waals surface area (Å²) in [6.07, 6.45) is 2.16. The van der Waals surface area contributed by atoms with Crippen molar-refractivity contribution in [3.05, 3.63) is 0 Å². The van der Waals surface area contributed by atoms with E-state index in [2.05, 4.69) is 15.5 Å². The van der Waals surface area contributed by atoms with Crippen LogP contribution in [0.5, 0.6) is 0 Å². The Balaban J connectivity index is 2.23. The number of likely N-dealkylation sites (N-methyl/N-ethyl adjacent to an activating group) is 1. The van der Waals surface area contributed by atoms with Crippen LogP contribution in [0.4, 0.5) is 0 Å². The van der Waals surface area contributed by atoms with Crippen LogP contribution in [-0.2, 0) is 9.59 Å². The van der Waals surface area contributed by atoms with Crippen LogP contribution < -0.4 is 10.6 Å². The van der Waals surface area contributed by atoms with E-state index in [-0.39, 0.29) is 12.5 Å². The summed E-state index contributed by atoms with van der Waals surface area (Å²) >= 11 is 0. The fraction of sp³-hybridized carbons (Fsp3) is 0.833. The largest absolute Gasteiger partial charge is 0.480 e. The highest BCUT2D eigenvalue weighted by molar-refractivity contribution is 5.77. The van der Waals surface area contributed by atoms with Crippen LogP contribution in [0.1, 0.15) is 19.8 Å². The average molecular weight is 257 g/mol. The normalized spacial score (nSPS) is 20.6. The maximum Gasteiger partial charge on any atom is 0.317 e. The van der Waals surface area contributed by atoms with Crippen molar-refractivity contribution < 1.29 is 14.7 Å². The first-order valence-corrected chi connectivity index (χ1v) is 6.53. The van der Waals surface area contributed by atoms with Gasteiger partial charge in [-0.1, -0.05) is 0 Å². The van der Waals surface area contributed by atoms with Crippen molar-refractivity contribution in [2.75, 3.05) is 39.3 Å². The molecule has 1 heterocycles. The van der Waals surface area contributed by atoms with Gasteiger partial charge in [0, 0.05) is 13.1 Å². The number of carbonyl (C=O) groups is 2. The van der Waals surface area contributed by atoms with Crippen molar-refractivity contribution in [2.24, 2.45) is 5.92 Å². The summed E-state index contributed by atoms with van der Waals surface area (Å²) in [6.45, 7) is 5.55. The molecule has 0 saturated carbocycles. The number of nitrogens with one attached hydrogen (secondary N) is 2. The molecule has 6 heteroatoms. The molecule has 0 aromatic rings. The monoisotopic (exact) mass is 257 g/mol. The van der Waals surface area contributed by atoms with Crippen LogP contribution in [0, 0.1) is 5.92 Å². The lowest BCUT2D eigenvalue weighted by molar-refractivity contribution is -0.136. The van der Waals surface area contributed by atoms with Crippen molar-refractivity contribution in [3.63, 3.8) is 0 Å². The highest BCUT2D eigenvalue weighted by Gasteiger charge is 2.21. The number of carbonyl (C=O) groups excluding carboxylic acids is 1. The summed E-state index contributed by atoms with van der Waals surface area (Å²) in [4.78, 5) is 24.0. The van der Waals surface area contributed by atoms with Gasteiger partial charge in [0.2, 0.25) is 5.91 Å². The number of amides is 1. The molecule has 18 heavy (non-hydrogen) atoms. The lowest BCUT2D eigenvalue weighted by Gasteiger charge is -2.32. The van der Waals surface area contributed by atoms with Gasteiger partial charge in [0.05, 0.1) is 13.1 Å². The number of rotatable bonds is 7. The highest BCUT2D eigenvalue weighted by Crippen LogP contribution is 2.15. The summed E-state index contributed by atoms with van der Waals surface area (Å²) in [6, 6.07) is 0. The third-order valence-corrected chi connectivity index (χ3v) is 3.05. The van der Waals surface area contributed by atoms with Crippen LogP contribution in [0.15, 0.2) is 0 Å². The third kappa shape index (κ3) is 5.97. The Morgan fingerprint density at radius 3 is 2.89 bits per heavy atom. The number of piperidine rings is 1. The SMILES string of the molecule is CCNC(=O)CN1CCCC(CNCC(=O)O)C1. The zero-order valence-corrected chi connectivity index (χ0v) is 10.9. The second kappa shape index (κ2) is 8.05. The number of hydrogen-bond acceptors (Lipinski definition) is 4. The topological polar surface area (TPSA) is 81.7 Å². The second-order valence-electron chi connectivity index (χ2n) is 4.72. The van der Waals surface area contributed by atoms with Gasteiger partial charge in [-0.15, -0.1) is 0 Å². The summed E-state index contributed by atoms with van der Waals surface area (Å²) in [5.41, 5.74) is 0. The van der Waals surface area contributed by atoms with E-state index in [1.54, 1.807) is 0 Å². The van der Waals surface area contributed by atoms with Gasteiger partial charge in [-0.2, -0.15) is 0 Å². The number of nitrogens with zero attached hydrogens (tertiary/aromatic N) is 1. The third-order valence-electron chi connectivity index (χ3n) is 3.05. The van der Waals surface area contributed by atoms with E-state index >= 15 is 0 Å². The minimum absolute atomic E-state index is 0.00677. The molecule has 1 amide bonds. The van der Waals surface area contributed by atoms with Gasteiger partial charge in [-0.25, -0.2) is 0 Å². The molecule has 0 radical (unpaired) electrons. The van der Waals surface area contributed by atoms with Gasteiger partial charge < -0.3 is 15.7 Å². The van der Waals surface area contributed by atoms with Gasteiger partial charge in [0.1, 0.15) is 0 Å². The van der Waals surface area contributed by atoms with Crippen LogP contribution in [-0.4, -0.2) is 61.2 Å². The summed E-state index contributed by atoms with van der Waals surface area (Å²) in [5.74, 6) is -0.325. The predicted molar refractivity (Wildman–Crippen MR) is 68.4 cm³/mol. The summed E-state index contributed by atoms with van der Waals surface area (Å²) in [7, 11) is 0. The maximum absolute atomic E-state index is 11.5. The Morgan fingerprint density at radius 1 is 1.44 bits per heavy atom. The van der Waals surface area contributed by atoms with Gasteiger partial charge >= 0.3 is 5.97 Å². The lowest BCUT2D eigenvalue weighted by Crippen LogP contribution is -2.44. The smallest absolute Gasteiger partial charge is 0.317 e. The first kappa shape index (κ1) is 14.9. The average Bonchev–Trinajstić information content (AvgIpc) is 2.29. The Bertz CT molecular complexity index is 284. The molecule has 104 valence electrons. The molecule has 3 N–H and O–H groups in total. The second-order valence-corrected chi connectivity index (χ2v) is 4.72. The first-order chi connectivity index (χ1) is 8.61. The quantitative estimate of drug-likeness (QED) is 0.573. The van der Waals surface area contributed by atoms with E-state index in [0.29, 0.717) is 25.6 Å². The molecule has 0 aromatic heterocycles. The van der Waals surface area contributed by atoms with Crippen molar-refractivity contribution in [1.29, 1.82) is 0 Å². The molecule has 1 aliphatic rings. The Labute approximate surface area is 108 Å². The molecular formula is C12H23N3O3. The van der Waals surface area contributed by atoms with Crippen molar-refractivity contribution in [2.45, 2.75) is 19.8 Å². The van der Waals surface area contributed by atoms with Crippen LogP contribution in [0.3, 0.4) is 0 Å². The molecule has 0 bridgehead atoms. The first-order valence-electron chi connectivity index (χ1n) is 6.53. The summed E-state index contributed by atoms with van der Waals surface area (Å²) < 4.78 is 0. The van der Waals surface area contributed by atoms with Gasteiger partial charge in [-0.05, 0) is 38.8 Å². The zero-order valence-electron chi connectivity index (χ0n) is 10.9. The van der Waals surface area contributed by atoms with E-state index in [0.717, 1.165) is 25.9 Å². The van der Waals surface area contributed by atoms with Gasteiger partial charge in [0.25, 0.3) is 0 Å². The van der Waals surface area contributed by atoms with E-state index in [4.69, 9.17) is 5.11 Å². The van der Waals surface area contributed by atoms with Crippen LogP contribution in [0.25, 0.3) is 0 Å². The zero-order chi connectivity index (χ0) is 13.4. The fourth-order valence-electron chi connectivity index (χ4n) is 2.30. The van der Waals surface area contributed by atoms with E-state index < -0.39 is 5.97 Å². The van der Waals surface area contributed by atoms with E-state index in [1.165, 1.54) is 0 Å². The van der Waals surface area contributed by atoms with Gasteiger partial charge in [0.15, 0.2) is 0 Å². The maximum atomic E-state index is 11.5. The molecule has 6 nitrogen and oxygen atoms in total.